The number of anilines is 2. The number of benzene rings is 2. The number of nitrogens with zero attached hydrogens (tertiary/aromatic N) is 3. The molecule has 3 rings (SSSR count). The second kappa shape index (κ2) is 6.98. The Morgan fingerprint density at radius 2 is 1.84 bits per heavy atom. The number of aromatic nitrogens is 3. The molecule has 1 heterocycles. The van der Waals surface area contributed by atoms with E-state index >= 15 is 0 Å². The molecule has 5 nitrogen and oxygen atoms in total. The summed E-state index contributed by atoms with van der Waals surface area (Å²) in [5.41, 5.74) is 3.05. The third-order valence-electron chi connectivity index (χ3n) is 3.53. The minimum absolute atomic E-state index is 0.247. The Hall–Kier alpha value is -2.80. The van der Waals surface area contributed by atoms with Gasteiger partial charge in [0.05, 0.1) is 11.8 Å². The molecule has 130 valence electrons. The molecule has 0 fully saturated rings. The zero-order valence-electron chi connectivity index (χ0n) is 13.9. The van der Waals surface area contributed by atoms with E-state index in [9.17, 15) is 13.9 Å². The van der Waals surface area contributed by atoms with Crippen molar-refractivity contribution in [3.8, 4) is 5.69 Å². The Balaban J connectivity index is 1.83. The SMILES string of the molecule is Cc1cc(CC(C)O)cc(Nc2ncn(-c3cc(F)cc(F)c3)n2)c1. The Morgan fingerprint density at radius 1 is 1.12 bits per heavy atom. The summed E-state index contributed by atoms with van der Waals surface area (Å²) in [5.74, 6) is -1.05. The largest absolute Gasteiger partial charge is 0.393 e. The van der Waals surface area contributed by atoms with E-state index in [2.05, 4.69) is 15.4 Å². The number of nitrogens with one attached hydrogen (secondary N) is 1. The van der Waals surface area contributed by atoms with Gasteiger partial charge >= 0.3 is 0 Å². The number of aryl methyl sites for hydroxylation is 1. The van der Waals surface area contributed by atoms with Crippen LogP contribution in [0.5, 0.6) is 0 Å². The molecule has 25 heavy (non-hydrogen) atoms. The Kier molecular flexibility index (Phi) is 4.76. The fourth-order valence-electron chi connectivity index (χ4n) is 2.64. The van der Waals surface area contributed by atoms with Gasteiger partial charge in [0, 0.05) is 11.8 Å². The van der Waals surface area contributed by atoms with Gasteiger partial charge in [0.15, 0.2) is 0 Å². The number of rotatable bonds is 5. The molecule has 7 heteroatoms. The van der Waals surface area contributed by atoms with Crippen molar-refractivity contribution in [1.29, 1.82) is 0 Å². The first-order valence-corrected chi connectivity index (χ1v) is 7.83. The van der Waals surface area contributed by atoms with Crippen LogP contribution < -0.4 is 5.32 Å². The second-order valence-corrected chi connectivity index (χ2v) is 6.03. The van der Waals surface area contributed by atoms with Crippen molar-refractivity contribution in [3.05, 3.63) is 65.5 Å². The van der Waals surface area contributed by atoms with Crippen molar-refractivity contribution >= 4 is 11.6 Å². The van der Waals surface area contributed by atoms with Crippen molar-refractivity contribution in [2.45, 2.75) is 26.4 Å². The van der Waals surface area contributed by atoms with E-state index in [1.54, 1.807) is 6.92 Å². The van der Waals surface area contributed by atoms with Crippen molar-refractivity contribution in [3.63, 3.8) is 0 Å². The van der Waals surface area contributed by atoms with Crippen LogP contribution in [0.3, 0.4) is 0 Å². The minimum Gasteiger partial charge on any atom is -0.393 e. The van der Waals surface area contributed by atoms with E-state index in [0.717, 1.165) is 22.9 Å². The maximum absolute atomic E-state index is 13.3. The van der Waals surface area contributed by atoms with Crippen LogP contribution >= 0.6 is 0 Å². The van der Waals surface area contributed by atoms with E-state index in [1.807, 2.05) is 25.1 Å². The quantitative estimate of drug-likeness (QED) is 0.743. The fourth-order valence-corrected chi connectivity index (χ4v) is 2.64. The molecule has 2 aromatic carbocycles. The molecule has 0 saturated carbocycles. The lowest BCUT2D eigenvalue weighted by molar-refractivity contribution is 0.195. The maximum Gasteiger partial charge on any atom is 0.246 e. The highest BCUT2D eigenvalue weighted by molar-refractivity contribution is 5.56. The summed E-state index contributed by atoms with van der Waals surface area (Å²) < 4.78 is 27.9. The first kappa shape index (κ1) is 17.0. The van der Waals surface area contributed by atoms with Crippen molar-refractivity contribution < 1.29 is 13.9 Å². The van der Waals surface area contributed by atoms with E-state index in [1.165, 1.54) is 23.1 Å². The highest BCUT2D eigenvalue weighted by atomic mass is 19.1. The Bertz CT molecular complexity index is 872. The summed E-state index contributed by atoms with van der Waals surface area (Å²) in [6.45, 7) is 3.69. The molecule has 0 amide bonds. The topological polar surface area (TPSA) is 63.0 Å². The zero-order valence-corrected chi connectivity index (χ0v) is 13.9. The van der Waals surface area contributed by atoms with E-state index in [-0.39, 0.29) is 5.69 Å². The fraction of sp³-hybridized carbons (Fsp3) is 0.222. The van der Waals surface area contributed by atoms with Crippen LogP contribution in [0.15, 0.2) is 42.7 Å². The lowest BCUT2D eigenvalue weighted by Gasteiger charge is -2.09. The first-order valence-electron chi connectivity index (χ1n) is 7.83. The van der Waals surface area contributed by atoms with Crippen LogP contribution in [-0.4, -0.2) is 26.0 Å². The summed E-state index contributed by atoms with van der Waals surface area (Å²) >= 11 is 0. The molecular formula is C18H18F2N4O. The molecular weight excluding hydrogens is 326 g/mol. The third kappa shape index (κ3) is 4.39. The molecule has 1 aromatic heterocycles. The zero-order chi connectivity index (χ0) is 18.0. The number of aliphatic hydroxyl groups is 1. The number of hydrogen-bond acceptors (Lipinski definition) is 4. The number of halogens is 2. The number of hydrogen-bond donors (Lipinski definition) is 2. The molecule has 2 N–H and O–H groups in total. The normalized spacial score (nSPS) is 12.2. The molecule has 1 atom stereocenters. The predicted octanol–water partition coefficient (Wildman–Crippen LogP) is 3.52. The van der Waals surface area contributed by atoms with Gasteiger partial charge in [0.1, 0.15) is 18.0 Å². The summed E-state index contributed by atoms with van der Waals surface area (Å²) in [7, 11) is 0. The predicted molar refractivity (Wildman–Crippen MR) is 91.1 cm³/mol. The highest BCUT2D eigenvalue weighted by Crippen LogP contribution is 2.20. The van der Waals surface area contributed by atoms with Gasteiger partial charge in [-0.2, -0.15) is 4.98 Å². The maximum atomic E-state index is 13.3. The van der Waals surface area contributed by atoms with Gasteiger partial charge < -0.3 is 10.4 Å². The Labute approximate surface area is 144 Å². The van der Waals surface area contributed by atoms with Crippen LogP contribution in [0.2, 0.25) is 0 Å². The van der Waals surface area contributed by atoms with Gasteiger partial charge in [-0.05, 0) is 55.7 Å². The third-order valence-corrected chi connectivity index (χ3v) is 3.53. The van der Waals surface area contributed by atoms with Crippen LogP contribution in [0.25, 0.3) is 5.69 Å². The van der Waals surface area contributed by atoms with Gasteiger partial charge in [-0.15, -0.1) is 5.10 Å². The summed E-state index contributed by atoms with van der Waals surface area (Å²) in [5, 5.41) is 16.8. The molecule has 0 saturated heterocycles. The van der Waals surface area contributed by atoms with Crippen LogP contribution in [0.4, 0.5) is 20.4 Å². The second-order valence-electron chi connectivity index (χ2n) is 6.03. The molecule has 0 radical (unpaired) electrons. The highest BCUT2D eigenvalue weighted by Gasteiger charge is 2.08. The van der Waals surface area contributed by atoms with Crippen molar-refractivity contribution in [1.82, 2.24) is 14.8 Å². The van der Waals surface area contributed by atoms with Gasteiger partial charge in [0.25, 0.3) is 0 Å². The minimum atomic E-state index is -0.679. The van der Waals surface area contributed by atoms with Crippen LogP contribution in [-0.2, 0) is 6.42 Å². The summed E-state index contributed by atoms with van der Waals surface area (Å²) in [6, 6.07) is 8.98. The van der Waals surface area contributed by atoms with Gasteiger partial charge in [-0.1, -0.05) is 6.07 Å². The van der Waals surface area contributed by atoms with Gasteiger partial charge in [-0.25, -0.2) is 13.5 Å². The standard InChI is InChI=1S/C18H18F2N4O/c1-11-3-13(5-12(2)25)6-16(4-11)22-18-21-10-24(23-18)17-8-14(19)7-15(20)9-17/h3-4,6-10,12,25H,5H2,1-2H3,(H,22,23). The average molecular weight is 344 g/mol. The lowest BCUT2D eigenvalue weighted by Crippen LogP contribution is -2.05. The van der Waals surface area contributed by atoms with E-state index in [4.69, 9.17) is 0 Å². The molecule has 3 aromatic rings. The van der Waals surface area contributed by atoms with Crippen molar-refractivity contribution in [2.24, 2.45) is 0 Å². The molecule has 0 spiro atoms. The first-order chi connectivity index (χ1) is 11.9. The lowest BCUT2D eigenvalue weighted by atomic mass is 10.1. The molecule has 0 aliphatic carbocycles. The van der Waals surface area contributed by atoms with Crippen molar-refractivity contribution in [2.75, 3.05) is 5.32 Å². The number of aliphatic hydroxyl groups excluding tert-OH is 1. The van der Waals surface area contributed by atoms with Gasteiger partial charge in [-0.3, -0.25) is 0 Å². The molecule has 0 aliphatic rings. The summed E-state index contributed by atoms with van der Waals surface area (Å²) in [4.78, 5) is 4.11. The van der Waals surface area contributed by atoms with Crippen LogP contribution in [0, 0.1) is 18.6 Å². The Morgan fingerprint density at radius 3 is 2.52 bits per heavy atom. The molecule has 0 bridgehead atoms. The van der Waals surface area contributed by atoms with E-state index in [0.29, 0.717) is 12.4 Å². The van der Waals surface area contributed by atoms with E-state index < -0.39 is 17.7 Å². The summed E-state index contributed by atoms with van der Waals surface area (Å²) in [6.07, 6.45) is 1.49. The smallest absolute Gasteiger partial charge is 0.246 e. The molecule has 1 unspecified atom stereocenters. The van der Waals surface area contributed by atoms with Gasteiger partial charge in [0.2, 0.25) is 5.95 Å². The molecule has 0 aliphatic heterocycles. The van der Waals surface area contributed by atoms with Crippen LogP contribution in [0.1, 0.15) is 18.1 Å². The average Bonchev–Trinajstić information content (AvgIpc) is 2.93. The monoisotopic (exact) mass is 344 g/mol.